The number of hydrogen-bond donors (Lipinski definition) is 3. The molecule has 6 heteroatoms. The Kier molecular flexibility index (Phi) is 2.51. The molecule has 1 aromatic carbocycles. The lowest BCUT2D eigenvalue weighted by Crippen LogP contribution is -2.59. The average Bonchev–Trinajstić information content (AvgIpc) is 2.79. The number of nitrogens with one attached hydrogen (secondary N) is 2. The number of amides is 1. The van der Waals surface area contributed by atoms with E-state index in [0.717, 1.165) is 17.5 Å². The quantitative estimate of drug-likeness (QED) is 0.774. The fourth-order valence-electron chi connectivity index (χ4n) is 2.29. The number of carbonyl (C=O) groups excluding carboxylic acids is 1. The van der Waals surface area contributed by atoms with Crippen molar-refractivity contribution < 1.29 is 14.7 Å². The molecule has 0 saturated heterocycles. The van der Waals surface area contributed by atoms with Gasteiger partial charge < -0.3 is 15.4 Å². The van der Waals surface area contributed by atoms with Gasteiger partial charge in [0.25, 0.3) is 5.91 Å². The average molecular weight is 259 g/mol. The summed E-state index contributed by atoms with van der Waals surface area (Å²) in [6, 6.07) is 5.05. The van der Waals surface area contributed by atoms with E-state index in [1.165, 1.54) is 0 Å². The summed E-state index contributed by atoms with van der Waals surface area (Å²) in [4.78, 5) is 30.3. The number of H-pyrrole nitrogens is 1. The SMILES string of the molecule is O=C(NC1(C(=O)O)CCC1)c1ccc2nc[nH]c2c1. The molecule has 0 unspecified atom stereocenters. The number of benzene rings is 1. The predicted molar refractivity (Wildman–Crippen MR) is 67.8 cm³/mol. The Morgan fingerprint density at radius 3 is 2.79 bits per heavy atom. The van der Waals surface area contributed by atoms with Crippen LogP contribution in [-0.4, -0.2) is 32.5 Å². The van der Waals surface area contributed by atoms with E-state index < -0.39 is 11.5 Å². The monoisotopic (exact) mass is 259 g/mol. The number of nitrogens with zero attached hydrogens (tertiary/aromatic N) is 1. The molecule has 0 bridgehead atoms. The zero-order valence-electron chi connectivity index (χ0n) is 10.1. The van der Waals surface area contributed by atoms with Crippen LogP contribution in [-0.2, 0) is 4.79 Å². The summed E-state index contributed by atoms with van der Waals surface area (Å²) in [6.45, 7) is 0. The van der Waals surface area contributed by atoms with Crippen molar-refractivity contribution in [2.45, 2.75) is 24.8 Å². The lowest BCUT2D eigenvalue weighted by atomic mass is 9.76. The van der Waals surface area contributed by atoms with Gasteiger partial charge in [-0.3, -0.25) is 4.79 Å². The molecule has 1 heterocycles. The second-order valence-corrected chi connectivity index (χ2v) is 4.83. The Bertz CT molecular complexity index is 658. The molecule has 0 atom stereocenters. The number of carbonyl (C=O) groups is 2. The molecular formula is C13H13N3O3. The van der Waals surface area contributed by atoms with Gasteiger partial charge in [-0.15, -0.1) is 0 Å². The van der Waals surface area contributed by atoms with Crippen molar-refractivity contribution in [2.75, 3.05) is 0 Å². The number of aromatic nitrogens is 2. The molecule has 3 rings (SSSR count). The molecule has 1 aliphatic rings. The molecule has 1 fully saturated rings. The van der Waals surface area contributed by atoms with Crippen LogP contribution in [0.4, 0.5) is 0 Å². The van der Waals surface area contributed by atoms with E-state index in [4.69, 9.17) is 0 Å². The Morgan fingerprint density at radius 1 is 1.37 bits per heavy atom. The van der Waals surface area contributed by atoms with E-state index in [-0.39, 0.29) is 5.91 Å². The maximum absolute atomic E-state index is 12.1. The summed E-state index contributed by atoms with van der Waals surface area (Å²) in [6.07, 6.45) is 3.35. The molecule has 1 aliphatic carbocycles. The van der Waals surface area contributed by atoms with Gasteiger partial charge >= 0.3 is 5.97 Å². The molecule has 0 spiro atoms. The Hall–Kier alpha value is -2.37. The Balaban J connectivity index is 1.85. The van der Waals surface area contributed by atoms with Crippen LogP contribution in [0.3, 0.4) is 0 Å². The van der Waals surface area contributed by atoms with Gasteiger partial charge in [0.15, 0.2) is 0 Å². The Morgan fingerprint density at radius 2 is 2.16 bits per heavy atom. The summed E-state index contributed by atoms with van der Waals surface area (Å²) in [7, 11) is 0. The highest BCUT2D eigenvalue weighted by atomic mass is 16.4. The third-order valence-corrected chi connectivity index (χ3v) is 3.65. The van der Waals surface area contributed by atoms with E-state index in [9.17, 15) is 14.7 Å². The van der Waals surface area contributed by atoms with Gasteiger partial charge in [-0.2, -0.15) is 0 Å². The number of rotatable bonds is 3. The molecule has 3 N–H and O–H groups in total. The van der Waals surface area contributed by atoms with E-state index in [2.05, 4.69) is 15.3 Å². The topological polar surface area (TPSA) is 95.1 Å². The van der Waals surface area contributed by atoms with Gasteiger partial charge in [0.2, 0.25) is 0 Å². The number of aromatic amines is 1. The summed E-state index contributed by atoms with van der Waals surface area (Å²) in [5.74, 6) is -1.33. The van der Waals surface area contributed by atoms with Crippen LogP contribution in [0.15, 0.2) is 24.5 Å². The maximum Gasteiger partial charge on any atom is 0.329 e. The van der Waals surface area contributed by atoms with Crippen LogP contribution in [0.25, 0.3) is 11.0 Å². The molecule has 1 aromatic heterocycles. The molecule has 6 nitrogen and oxygen atoms in total. The first-order valence-corrected chi connectivity index (χ1v) is 6.10. The van der Waals surface area contributed by atoms with Crippen LogP contribution in [0.2, 0.25) is 0 Å². The van der Waals surface area contributed by atoms with Crippen LogP contribution < -0.4 is 5.32 Å². The van der Waals surface area contributed by atoms with Gasteiger partial charge in [0.05, 0.1) is 17.4 Å². The van der Waals surface area contributed by atoms with Crippen LogP contribution >= 0.6 is 0 Å². The van der Waals surface area contributed by atoms with Crippen LogP contribution in [0.5, 0.6) is 0 Å². The third kappa shape index (κ3) is 1.85. The van der Waals surface area contributed by atoms with Crippen LogP contribution in [0, 0.1) is 0 Å². The van der Waals surface area contributed by atoms with Crippen molar-refractivity contribution in [1.29, 1.82) is 0 Å². The first kappa shape index (κ1) is 11.7. The minimum Gasteiger partial charge on any atom is -0.480 e. The third-order valence-electron chi connectivity index (χ3n) is 3.65. The first-order chi connectivity index (χ1) is 9.11. The summed E-state index contributed by atoms with van der Waals surface area (Å²) < 4.78 is 0. The zero-order chi connectivity index (χ0) is 13.5. The predicted octanol–water partition coefficient (Wildman–Crippen LogP) is 1.30. The highest BCUT2D eigenvalue weighted by Crippen LogP contribution is 2.32. The molecule has 19 heavy (non-hydrogen) atoms. The van der Waals surface area contributed by atoms with Gasteiger partial charge in [-0.05, 0) is 37.5 Å². The first-order valence-electron chi connectivity index (χ1n) is 6.10. The maximum atomic E-state index is 12.1. The van der Waals surface area contributed by atoms with Crippen molar-refractivity contribution in [1.82, 2.24) is 15.3 Å². The second-order valence-electron chi connectivity index (χ2n) is 4.83. The highest BCUT2D eigenvalue weighted by Gasteiger charge is 2.45. The van der Waals surface area contributed by atoms with Crippen molar-refractivity contribution in [2.24, 2.45) is 0 Å². The van der Waals surface area contributed by atoms with Gasteiger partial charge in [0.1, 0.15) is 5.54 Å². The Labute approximate surface area is 108 Å². The van der Waals surface area contributed by atoms with Gasteiger partial charge in [0, 0.05) is 5.56 Å². The lowest BCUT2D eigenvalue weighted by molar-refractivity contribution is -0.148. The number of fused-ring (bicyclic) bond motifs is 1. The zero-order valence-corrected chi connectivity index (χ0v) is 10.1. The molecular weight excluding hydrogens is 246 g/mol. The number of aliphatic carboxylic acids is 1. The van der Waals surface area contributed by atoms with Gasteiger partial charge in [-0.25, -0.2) is 9.78 Å². The molecule has 1 saturated carbocycles. The minimum absolute atomic E-state index is 0.362. The smallest absolute Gasteiger partial charge is 0.329 e. The number of carboxylic acid groups (broad SMARTS) is 1. The molecule has 98 valence electrons. The lowest BCUT2D eigenvalue weighted by Gasteiger charge is -2.38. The summed E-state index contributed by atoms with van der Waals surface area (Å²) >= 11 is 0. The number of carboxylic acids is 1. The van der Waals surface area contributed by atoms with Crippen molar-refractivity contribution in [3.05, 3.63) is 30.1 Å². The van der Waals surface area contributed by atoms with E-state index in [0.29, 0.717) is 18.4 Å². The van der Waals surface area contributed by atoms with E-state index >= 15 is 0 Å². The molecule has 0 radical (unpaired) electrons. The van der Waals surface area contributed by atoms with Crippen molar-refractivity contribution in [3.63, 3.8) is 0 Å². The normalized spacial score (nSPS) is 16.8. The van der Waals surface area contributed by atoms with E-state index in [1.54, 1.807) is 24.5 Å². The second kappa shape index (κ2) is 4.08. The fraction of sp³-hybridized carbons (Fsp3) is 0.308. The molecule has 1 amide bonds. The highest BCUT2D eigenvalue weighted by molar-refractivity contribution is 6.00. The molecule has 0 aliphatic heterocycles. The van der Waals surface area contributed by atoms with Crippen LogP contribution in [0.1, 0.15) is 29.6 Å². The fourth-order valence-corrected chi connectivity index (χ4v) is 2.29. The standard InChI is InChI=1S/C13H13N3O3/c17-11(16-13(12(18)19)4-1-5-13)8-2-3-9-10(6-8)15-7-14-9/h2-3,6-7H,1,4-5H2,(H,14,15)(H,16,17)(H,18,19). The van der Waals surface area contributed by atoms with Crippen molar-refractivity contribution >= 4 is 22.9 Å². The number of hydrogen-bond acceptors (Lipinski definition) is 3. The van der Waals surface area contributed by atoms with E-state index in [1.807, 2.05) is 0 Å². The number of imidazole rings is 1. The summed E-state index contributed by atoms with van der Waals surface area (Å²) in [5.41, 5.74) is 0.878. The largest absolute Gasteiger partial charge is 0.480 e. The minimum atomic E-state index is -1.08. The summed E-state index contributed by atoms with van der Waals surface area (Å²) in [5, 5.41) is 11.8. The van der Waals surface area contributed by atoms with Gasteiger partial charge in [-0.1, -0.05) is 0 Å². The molecule has 2 aromatic rings. The van der Waals surface area contributed by atoms with Crippen molar-refractivity contribution in [3.8, 4) is 0 Å².